The number of likely N-dealkylation sites (tertiary alicyclic amines) is 1. The number of hydrogen-bond donors (Lipinski definition) is 1. The van der Waals surface area contributed by atoms with Crippen LogP contribution in [-0.2, 0) is 0 Å². The summed E-state index contributed by atoms with van der Waals surface area (Å²) in [5, 5.41) is 0. The zero-order valence-corrected chi connectivity index (χ0v) is 7.81. The first kappa shape index (κ1) is 8.50. The molecule has 1 saturated heterocycles. The van der Waals surface area contributed by atoms with Gasteiger partial charge in [-0.3, -0.25) is 4.90 Å². The Kier molecular flexibility index (Phi) is 3.66. The molecule has 3 heteroatoms. The van der Waals surface area contributed by atoms with E-state index in [-0.39, 0.29) is 0 Å². The highest BCUT2D eigenvalue weighted by Gasteiger charge is 2.15. The maximum Gasteiger partial charge on any atom is 0.0779 e. The minimum Gasteiger partial charge on any atom is -0.328 e. The summed E-state index contributed by atoms with van der Waals surface area (Å²) in [6, 6.07) is 0. The van der Waals surface area contributed by atoms with Gasteiger partial charge in [0.25, 0.3) is 0 Å². The molecule has 2 nitrogen and oxygen atoms in total. The van der Waals surface area contributed by atoms with Crippen molar-refractivity contribution in [1.29, 1.82) is 0 Å². The molecule has 1 fully saturated rings. The lowest BCUT2D eigenvalue weighted by Gasteiger charge is -2.30. The highest BCUT2D eigenvalue weighted by Crippen LogP contribution is 2.14. The molecular formula is C7H15BrN2. The van der Waals surface area contributed by atoms with Crippen molar-refractivity contribution in [3.05, 3.63) is 0 Å². The van der Waals surface area contributed by atoms with E-state index in [0.29, 0.717) is 4.95 Å². The van der Waals surface area contributed by atoms with Crippen LogP contribution in [0.3, 0.4) is 0 Å². The first-order valence-electron chi connectivity index (χ1n) is 3.93. The van der Waals surface area contributed by atoms with Crippen molar-refractivity contribution >= 4 is 15.9 Å². The van der Waals surface area contributed by atoms with Crippen molar-refractivity contribution in [2.75, 3.05) is 19.6 Å². The summed E-state index contributed by atoms with van der Waals surface area (Å²) in [6.07, 6.45) is 4.06. The SMILES string of the molecule is NCC(Br)N1CCCCC1. The maximum atomic E-state index is 5.51. The smallest absolute Gasteiger partial charge is 0.0779 e. The molecule has 1 aliphatic heterocycles. The molecule has 0 radical (unpaired) electrons. The Balaban J connectivity index is 2.24. The van der Waals surface area contributed by atoms with Crippen LogP contribution >= 0.6 is 15.9 Å². The van der Waals surface area contributed by atoms with Crippen LogP contribution in [0.4, 0.5) is 0 Å². The van der Waals surface area contributed by atoms with Gasteiger partial charge in [-0.2, -0.15) is 0 Å². The minimum absolute atomic E-state index is 0.410. The Hall–Kier alpha value is 0.400. The largest absolute Gasteiger partial charge is 0.328 e. The number of alkyl halides is 1. The fraction of sp³-hybridized carbons (Fsp3) is 1.00. The average molecular weight is 207 g/mol. The van der Waals surface area contributed by atoms with Gasteiger partial charge in [-0.05, 0) is 25.9 Å². The van der Waals surface area contributed by atoms with Gasteiger partial charge in [-0.15, -0.1) is 0 Å². The van der Waals surface area contributed by atoms with E-state index < -0.39 is 0 Å². The monoisotopic (exact) mass is 206 g/mol. The van der Waals surface area contributed by atoms with Gasteiger partial charge in [-0.25, -0.2) is 0 Å². The predicted molar refractivity (Wildman–Crippen MR) is 47.2 cm³/mol. The van der Waals surface area contributed by atoms with Crippen molar-refractivity contribution in [2.45, 2.75) is 24.2 Å². The van der Waals surface area contributed by atoms with Crippen molar-refractivity contribution in [3.8, 4) is 0 Å². The standard InChI is InChI=1S/C7H15BrN2/c8-7(6-9)10-4-2-1-3-5-10/h7H,1-6,9H2. The molecule has 0 spiro atoms. The maximum absolute atomic E-state index is 5.51. The van der Waals surface area contributed by atoms with Crippen LogP contribution in [0.5, 0.6) is 0 Å². The van der Waals surface area contributed by atoms with Crippen molar-refractivity contribution < 1.29 is 0 Å². The van der Waals surface area contributed by atoms with Gasteiger partial charge in [0.2, 0.25) is 0 Å². The molecular weight excluding hydrogens is 192 g/mol. The average Bonchev–Trinajstić information content (AvgIpc) is 2.05. The second kappa shape index (κ2) is 4.31. The molecule has 1 rings (SSSR count). The Labute approximate surface area is 70.9 Å². The summed E-state index contributed by atoms with van der Waals surface area (Å²) < 4.78 is 0. The predicted octanol–water partition coefficient (Wildman–Crippen LogP) is 1.15. The molecule has 0 bridgehead atoms. The Morgan fingerprint density at radius 2 is 1.90 bits per heavy atom. The number of nitrogens with zero attached hydrogens (tertiary/aromatic N) is 1. The van der Waals surface area contributed by atoms with Crippen LogP contribution in [-0.4, -0.2) is 29.5 Å². The molecule has 2 N–H and O–H groups in total. The summed E-state index contributed by atoms with van der Waals surface area (Å²) in [6.45, 7) is 3.15. The Morgan fingerprint density at radius 3 is 2.40 bits per heavy atom. The lowest BCUT2D eigenvalue weighted by molar-refractivity contribution is 0.220. The van der Waals surface area contributed by atoms with E-state index in [9.17, 15) is 0 Å². The van der Waals surface area contributed by atoms with Crippen molar-refractivity contribution in [1.82, 2.24) is 4.90 Å². The Bertz CT molecular complexity index is 91.6. The van der Waals surface area contributed by atoms with Crippen LogP contribution in [0.2, 0.25) is 0 Å². The fourth-order valence-corrected chi connectivity index (χ4v) is 1.76. The van der Waals surface area contributed by atoms with E-state index >= 15 is 0 Å². The van der Waals surface area contributed by atoms with E-state index in [1.54, 1.807) is 0 Å². The van der Waals surface area contributed by atoms with Crippen LogP contribution in [0.25, 0.3) is 0 Å². The van der Waals surface area contributed by atoms with Crippen LogP contribution in [0.15, 0.2) is 0 Å². The summed E-state index contributed by atoms with van der Waals surface area (Å²) in [4.78, 5) is 2.82. The molecule has 0 amide bonds. The van der Waals surface area contributed by atoms with Gasteiger partial charge in [0, 0.05) is 6.54 Å². The Morgan fingerprint density at radius 1 is 1.30 bits per heavy atom. The minimum atomic E-state index is 0.410. The highest BCUT2D eigenvalue weighted by atomic mass is 79.9. The molecule has 0 aromatic carbocycles. The second-order valence-electron chi connectivity index (χ2n) is 2.77. The third-order valence-corrected chi connectivity index (χ3v) is 2.93. The summed E-state index contributed by atoms with van der Waals surface area (Å²) in [5.74, 6) is 0. The molecule has 0 aromatic heterocycles. The quantitative estimate of drug-likeness (QED) is 0.543. The first-order chi connectivity index (χ1) is 4.84. The van der Waals surface area contributed by atoms with E-state index in [0.717, 1.165) is 6.54 Å². The third kappa shape index (κ3) is 2.22. The molecule has 1 unspecified atom stereocenters. The zero-order valence-electron chi connectivity index (χ0n) is 6.22. The van der Waals surface area contributed by atoms with Gasteiger partial charge >= 0.3 is 0 Å². The van der Waals surface area contributed by atoms with Crippen LogP contribution < -0.4 is 5.73 Å². The van der Waals surface area contributed by atoms with Crippen molar-refractivity contribution in [2.24, 2.45) is 5.73 Å². The molecule has 10 heavy (non-hydrogen) atoms. The lowest BCUT2D eigenvalue weighted by atomic mass is 10.1. The summed E-state index contributed by atoms with van der Waals surface area (Å²) >= 11 is 3.54. The summed E-state index contributed by atoms with van der Waals surface area (Å²) in [7, 11) is 0. The second-order valence-corrected chi connectivity index (χ2v) is 3.82. The van der Waals surface area contributed by atoms with E-state index in [4.69, 9.17) is 5.73 Å². The fourth-order valence-electron chi connectivity index (χ4n) is 1.35. The topological polar surface area (TPSA) is 29.3 Å². The normalized spacial score (nSPS) is 24.6. The first-order valence-corrected chi connectivity index (χ1v) is 4.84. The molecule has 1 heterocycles. The zero-order chi connectivity index (χ0) is 7.40. The highest BCUT2D eigenvalue weighted by molar-refractivity contribution is 9.09. The van der Waals surface area contributed by atoms with Gasteiger partial charge in [-0.1, -0.05) is 22.4 Å². The van der Waals surface area contributed by atoms with E-state index in [1.807, 2.05) is 0 Å². The lowest BCUT2D eigenvalue weighted by Crippen LogP contribution is -2.39. The molecule has 0 aliphatic carbocycles. The van der Waals surface area contributed by atoms with E-state index in [2.05, 4.69) is 20.8 Å². The third-order valence-electron chi connectivity index (χ3n) is 1.98. The summed E-state index contributed by atoms with van der Waals surface area (Å²) in [5.41, 5.74) is 5.51. The van der Waals surface area contributed by atoms with Crippen LogP contribution in [0.1, 0.15) is 19.3 Å². The molecule has 60 valence electrons. The van der Waals surface area contributed by atoms with E-state index in [1.165, 1.54) is 32.4 Å². The number of nitrogens with two attached hydrogens (primary N) is 1. The molecule has 1 atom stereocenters. The molecule has 0 saturated carbocycles. The number of halogens is 1. The molecule has 1 aliphatic rings. The van der Waals surface area contributed by atoms with Gasteiger partial charge < -0.3 is 5.73 Å². The number of rotatable bonds is 2. The van der Waals surface area contributed by atoms with Crippen LogP contribution in [0, 0.1) is 0 Å². The number of hydrogen-bond acceptors (Lipinski definition) is 2. The number of piperidine rings is 1. The van der Waals surface area contributed by atoms with Gasteiger partial charge in [0.1, 0.15) is 0 Å². The van der Waals surface area contributed by atoms with Crippen molar-refractivity contribution in [3.63, 3.8) is 0 Å². The van der Waals surface area contributed by atoms with Gasteiger partial charge in [0.15, 0.2) is 0 Å². The van der Waals surface area contributed by atoms with Gasteiger partial charge in [0.05, 0.1) is 4.95 Å². The molecule has 0 aromatic rings.